The molecule has 23 rings (SSSR count). The van der Waals surface area contributed by atoms with E-state index in [4.69, 9.17) is 2.74 Å². The van der Waals surface area contributed by atoms with Crippen LogP contribution < -0.4 is 9.80 Å². The van der Waals surface area contributed by atoms with Crippen LogP contribution >= 0.6 is 0 Å². The first-order valence-corrected chi connectivity index (χ1v) is 42.0. The second-order valence-corrected chi connectivity index (χ2v) is 36.0. The van der Waals surface area contributed by atoms with Gasteiger partial charge in [0.25, 0.3) is 0 Å². The molecule has 0 spiro atoms. The first-order chi connectivity index (χ1) is 66.0. The average Bonchev–Trinajstić information content (AvgIpc) is 0.973. The second-order valence-electron chi connectivity index (χ2n) is 31.8. The SMILES string of the molecule is [2H]c1c([2H])c(-n2c3[se]c4c([2H])c([2H])c([2H])c([2H])c4c3c3c([2H])c([2H])c([2H])c([2H])c32)c([2H])c2c1C1c3c(cc(-c4ccc5c(c4)c4ccccc4n5-c4ccccc4)cc3N(c3c(-c4ccccc4)cc(C(C)(C)C)cc3-c3ccccc3)c3c([2H])c(-n4c5[se]c6c([2H])c([2H])c([2H])c([2H])c6c5c5c([2H])c([2H])c([2H])c([2H])c54)c([2H])c([2H])c31)N2c1c(-c2ccccc2)cc(C(C)(C)C)cc1-c1ccccc1. The number of fused-ring (bicyclic) bond motifs is 17. The summed E-state index contributed by atoms with van der Waals surface area (Å²) in [6.07, 6.45) is 0. The Labute approximate surface area is 717 Å². The van der Waals surface area contributed by atoms with Gasteiger partial charge in [-0.2, -0.15) is 0 Å². The van der Waals surface area contributed by atoms with Gasteiger partial charge in [0.05, 0.1) is 11.0 Å². The molecule has 0 fully saturated rings. The van der Waals surface area contributed by atoms with Gasteiger partial charge in [0.2, 0.25) is 0 Å². The molecule has 2 aliphatic heterocycles. The van der Waals surface area contributed by atoms with Crippen molar-refractivity contribution in [3.8, 4) is 72.7 Å². The standard InChI is InChI=1S/C109H79N5Se2/c1-108(2,3)73-61-85(67-32-12-7-13-33-67)104(86(62-73)68-34-14-8-15-35-68)113-94-65-76(111-91-48-28-23-43-79(91)101-83-45-25-30-50-98(83)115-106(101)111)53-55-81(94)100-82-56-54-77(112-92-49-29-24-44-80(92)102-84-46-26-31-51-99(84)116-107(102)112)66-95(82)114(105-87(69-36-16-9-17-37-69)63-74(109(4,5)6)64-88(105)70-38-18-10-19-39-70)97-60-72(59-96(113)103(97)100)71-52-57-93-89(58-71)78-42-22-27-47-90(78)110(93)75-40-20-11-21-41-75/h7-66,100H,1-6H3/i23D,24D,25D,26D,28D,29D,30D,31D,43D,44D,45D,46D,48D,49D,50D,51D,53D,54D,55D,56D,65D,66D. The number of anilines is 6. The van der Waals surface area contributed by atoms with Crippen LogP contribution in [0.1, 0.15) is 105 Å². The summed E-state index contributed by atoms with van der Waals surface area (Å²) >= 11 is -2.50. The van der Waals surface area contributed by atoms with Gasteiger partial charge in [-0.1, -0.05) is 36.4 Å². The summed E-state index contributed by atoms with van der Waals surface area (Å²) in [7, 11) is 0. The summed E-state index contributed by atoms with van der Waals surface area (Å²) < 4.78 is 230. The van der Waals surface area contributed by atoms with E-state index in [-0.39, 0.29) is 107 Å². The molecular weight excluding hydrogens is 1540 g/mol. The number of nitrogens with zero attached hydrogens (tertiary/aromatic N) is 5. The van der Waals surface area contributed by atoms with E-state index in [0.29, 0.717) is 83.9 Å². The monoisotopic (exact) mass is 1640 g/mol. The average molecular weight is 1640 g/mol. The van der Waals surface area contributed by atoms with Crippen molar-refractivity contribution in [3.05, 3.63) is 391 Å². The zero-order chi connectivity index (χ0) is 96.5. The third-order valence-electron chi connectivity index (χ3n) is 23.1. The predicted molar refractivity (Wildman–Crippen MR) is 493 cm³/mol. The molecule has 116 heavy (non-hydrogen) atoms. The van der Waals surface area contributed by atoms with Crippen LogP contribution in [0, 0.1) is 0 Å². The number of para-hydroxylation sites is 4. The number of rotatable bonds is 10. The van der Waals surface area contributed by atoms with E-state index >= 15 is 0 Å². The molecule has 552 valence electrons. The molecule has 5 nitrogen and oxygen atoms in total. The fourth-order valence-corrected chi connectivity index (χ4v) is 22.4. The Bertz CT molecular complexity index is 8450. The van der Waals surface area contributed by atoms with Gasteiger partial charge in [0.1, 0.15) is 0 Å². The van der Waals surface area contributed by atoms with Gasteiger partial charge in [-0.3, -0.25) is 0 Å². The molecule has 0 amide bonds. The summed E-state index contributed by atoms with van der Waals surface area (Å²) in [5.41, 5.74) is 10.0. The molecule has 0 bridgehead atoms. The van der Waals surface area contributed by atoms with Gasteiger partial charge in [0, 0.05) is 11.1 Å². The van der Waals surface area contributed by atoms with Crippen LogP contribution in [-0.4, -0.2) is 42.7 Å². The Hall–Kier alpha value is -13.0. The van der Waals surface area contributed by atoms with Crippen LogP contribution in [0.5, 0.6) is 0 Å². The molecule has 21 aromatic rings. The topological polar surface area (TPSA) is 21.3 Å². The summed E-state index contributed by atoms with van der Waals surface area (Å²) in [5.74, 6) is -1.64. The van der Waals surface area contributed by atoms with Crippen molar-refractivity contribution >= 4 is 146 Å². The number of benzene rings is 16. The number of aromatic nitrogens is 3. The molecule has 0 saturated carbocycles. The predicted octanol–water partition coefficient (Wildman–Crippen LogP) is 29.1. The van der Waals surface area contributed by atoms with Crippen LogP contribution in [0.3, 0.4) is 0 Å². The number of hydrogen-bond acceptors (Lipinski definition) is 2. The van der Waals surface area contributed by atoms with E-state index < -0.39 is 167 Å². The Morgan fingerprint density at radius 2 is 0.681 bits per heavy atom. The summed E-state index contributed by atoms with van der Waals surface area (Å²) in [5, 5.41) is 1.54. The normalized spacial score (nSPS) is 15.7. The Morgan fingerprint density at radius 3 is 1.12 bits per heavy atom. The third kappa shape index (κ3) is 10.6. The molecule has 0 aliphatic carbocycles. The van der Waals surface area contributed by atoms with E-state index in [1.807, 2.05) is 174 Å². The van der Waals surface area contributed by atoms with E-state index in [1.165, 1.54) is 9.13 Å². The van der Waals surface area contributed by atoms with Gasteiger partial charge in [0.15, 0.2) is 0 Å². The van der Waals surface area contributed by atoms with Crippen molar-refractivity contribution in [1.82, 2.24) is 13.7 Å². The zero-order valence-electron chi connectivity index (χ0n) is 85.6. The van der Waals surface area contributed by atoms with Gasteiger partial charge in [-0.05, 0) is 18.2 Å². The molecule has 5 aromatic heterocycles. The molecular formula is C109H79N5Se2. The molecule has 16 aromatic carbocycles. The van der Waals surface area contributed by atoms with Crippen molar-refractivity contribution in [2.75, 3.05) is 9.80 Å². The van der Waals surface area contributed by atoms with Crippen molar-refractivity contribution < 1.29 is 30.2 Å². The van der Waals surface area contributed by atoms with E-state index in [9.17, 15) is 27.4 Å². The van der Waals surface area contributed by atoms with Crippen LogP contribution in [0.4, 0.5) is 34.1 Å². The van der Waals surface area contributed by atoms with Crippen LogP contribution in [0.25, 0.3) is 155 Å². The quantitative estimate of drug-likeness (QED) is 0.127. The van der Waals surface area contributed by atoms with Gasteiger partial charge in [-0.15, -0.1) is 0 Å². The molecule has 2 aliphatic rings. The summed E-state index contributed by atoms with van der Waals surface area (Å²) in [6, 6.07) is 63.8. The van der Waals surface area contributed by atoms with Crippen molar-refractivity contribution in [2.24, 2.45) is 0 Å². The molecule has 0 unspecified atom stereocenters. The first kappa shape index (κ1) is 49.6. The minimum atomic E-state index is -1.64. The number of hydrogen-bond donors (Lipinski definition) is 0. The Balaban J connectivity index is 0.987. The zero-order valence-corrected chi connectivity index (χ0v) is 67.0. The molecule has 0 radical (unpaired) electrons. The van der Waals surface area contributed by atoms with Crippen molar-refractivity contribution in [3.63, 3.8) is 0 Å². The fourth-order valence-electron chi connectivity index (χ4n) is 17.7. The van der Waals surface area contributed by atoms with Gasteiger partial charge >= 0.3 is 640 Å². The van der Waals surface area contributed by atoms with Crippen LogP contribution in [-0.2, 0) is 10.8 Å². The van der Waals surface area contributed by atoms with Crippen molar-refractivity contribution in [2.45, 2.75) is 58.3 Å². The second kappa shape index (κ2) is 26.3. The third-order valence-corrected chi connectivity index (χ3v) is 27.6. The van der Waals surface area contributed by atoms with Gasteiger partial charge in [-0.25, -0.2) is 0 Å². The Kier molecular flexibility index (Phi) is 11.2. The first-order valence-electron chi connectivity index (χ1n) is 49.6. The Morgan fingerprint density at radius 1 is 0.293 bits per heavy atom. The molecule has 0 N–H and O–H groups in total. The maximum absolute atomic E-state index is 12.2. The van der Waals surface area contributed by atoms with Gasteiger partial charge < -0.3 is 4.57 Å². The van der Waals surface area contributed by atoms with E-state index in [2.05, 4.69) is 113 Å². The molecule has 7 heteroatoms. The molecule has 7 heterocycles. The maximum atomic E-state index is 12.2. The van der Waals surface area contributed by atoms with Crippen LogP contribution in [0.2, 0.25) is 0 Å². The fraction of sp³-hybridized carbons (Fsp3) is 0.0826. The molecule has 0 atom stereocenters. The minimum absolute atomic E-state index is 0.0126. The summed E-state index contributed by atoms with van der Waals surface area (Å²) in [6.45, 7) is 12.7. The van der Waals surface area contributed by atoms with Crippen molar-refractivity contribution in [1.29, 1.82) is 0 Å². The van der Waals surface area contributed by atoms with Crippen LogP contribution in [0.15, 0.2) is 363 Å². The summed E-state index contributed by atoms with van der Waals surface area (Å²) in [4.78, 5) is 3.96. The van der Waals surface area contributed by atoms with E-state index in [1.54, 1.807) is 0 Å². The molecule has 0 saturated heterocycles. The van der Waals surface area contributed by atoms with E-state index in [0.717, 1.165) is 38.6 Å².